The first-order valence-electron chi connectivity index (χ1n) is 5.69. The third-order valence-electron chi connectivity index (χ3n) is 2.57. The molecule has 0 unspecified atom stereocenters. The van der Waals surface area contributed by atoms with E-state index in [9.17, 15) is 0 Å². The molecule has 0 aliphatic rings. The first kappa shape index (κ1) is 11.7. The van der Waals surface area contributed by atoms with Gasteiger partial charge in [-0.2, -0.15) is 5.10 Å². The predicted octanol–water partition coefficient (Wildman–Crippen LogP) is 1.73. The summed E-state index contributed by atoms with van der Waals surface area (Å²) in [6.45, 7) is 3.88. The van der Waals surface area contributed by atoms with E-state index in [-0.39, 0.29) is 0 Å². The third kappa shape index (κ3) is 3.07. The lowest BCUT2D eigenvalue weighted by Gasteiger charge is -2.11. The SMILES string of the molecule is Cc1ccc(OCCn2cccn2)c(CN)c1. The largest absolute Gasteiger partial charge is 0.491 e. The van der Waals surface area contributed by atoms with E-state index in [0.29, 0.717) is 13.2 Å². The average molecular weight is 231 g/mol. The van der Waals surface area contributed by atoms with Crippen molar-refractivity contribution in [2.45, 2.75) is 20.0 Å². The van der Waals surface area contributed by atoms with E-state index < -0.39 is 0 Å². The number of hydrogen-bond acceptors (Lipinski definition) is 3. The second-order valence-corrected chi connectivity index (χ2v) is 3.93. The molecule has 2 rings (SSSR count). The highest BCUT2D eigenvalue weighted by atomic mass is 16.5. The highest BCUT2D eigenvalue weighted by Gasteiger charge is 2.02. The second-order valence-electron chi connectivity index (χ2n) is 3.93. The van der Waals surface area contributed by atoms with Crippen molar-refractivity contribution in [2.75, 3.05) is 6.61 Å². The van der Waals surface area contributed by atoms with Gasteiger partial charge in [0.1, 0.15) is 12.4 Å². The molecule has 0 radical (unpaired) electrons. The summed E-state index contributed by atoms with van der Waals surface area (Å²) in [7, 11) is 0. The molecule has 4 nitrogen and oxygen atoms in total. The van der Waals surface area contributed by atoms with Crippen molar-refractivity contribution in [3.8, 4) is 5.75 Å². The number of ether oxygens (including phenoxy) is 1. The lowest BCUT2D eigenvalue weighted by atomic mass is 10.1. The Labute approximate surface area is 101 Å². The normalized spacial score (nSPS) is 10.5. The van der Waals surface area contributed by atoms with Gasteiger partial charge in [0.15, 0.2) is 0 Å². The van der Waals surface area contributed by atoms with Crippen LogP contribution in [0.2, 0.25) is 0 Å². The lowest BCUT2D eigenvalue weighted by molar-refractivity contribution is 0.288. The summed E-state index contributed by atoms with van der Waals surface area (Å²) < 4.78 is 7.56. The molecule has 0 aliphatic heterocycles. The molecule has 0 bridgehead atoms. The average Bonchev–Trinajstić information content (AvgIpc) is 2.84. The molecule has 0 fully saturated rings. The summed E-state index contributed by atoms with van der Waals surface area (Å²) in [6.07, 6.45) is 3.68. The topological polar surface area (TPSA) is 53.1 Å². The first-order valence-corrected chi connectivity index (χ1v) is 5.69. The van der Waals surface area contributed by atoms with Crippen LogP contribution in [0.5, 0.6) is 5.75 Å². The molecule has 1 heterocycles. The number of hydrogen-bond donors (Lipinski definition) is 1. The van der Waals surface area contributed by atoms with E-state index in [4.69, 9.17) is 10.5 Å². The van der Waals surface area contributed by atoms with Gasteiger partial charge in [-0.3, -0.25) is 4.68 Å². The molecule has 0 amide bonds. The Bertz CT molecular complexity index is 466. The van der Waals surface area contributed by atoms with Gasteiger partial charge >= 0.3 is 0 Å². The number of rotatable bonds is 5. The van der Waals surface area contributed by atoms with E-state index in [1.165, 1.54) is 5.56 Å². The summed E-state index contributed by atoms with van der Waals surface area (Å²) in [5.41, 5.74) is 7.93. The van der Waals surface area contributed by atoms with Gasteiger partial charge in [0.2, 0.25) is 0 Å². The van der Waals surface area contributed by atoms with Gasteiger partial charge in [0.25, 0.3) is 0 Å². The maximum Gasteiger partial charge on any atom is 0.123 e. The van der Waals surface area contributed by atoms with Crippen LogP contribution in [0.25, 0.3) is 0 Å². The second kappa shape index (κ2) is 5.50. The van der Waals surface area contributed by atoms with Crippen molar-refractivity contribution in [1.82, 2.24) is 9.78 Å². The van der Waals surface area contributed by atoms with Gasteiger partial charge in [0, 0.05) is 24.5 Å². The minimum absolute atomic E-state index is 0.499. The predicted molar refractivity (Wildman–Crippen MR) is 66.8 cm³/mol. The van der Waals surface area contributed by atoms with Gasteiger partial charge in [-0.1, -0.05) is 17.7 Å². The molecule has 0 atom stereocenters. The highest BCUT2D eigenvalue weighted by Crippen LogP contribution is 2.19. The third-order valence-corrected chi connectivity index (χ3v) is 2.57. The van der Waals surface area contributed by atoms with Crippen molar-refractivity contribution >= 4 is 0 Å². The molecule has 1 aromatic heterocycles. The zero-order chi connectivity index (χ0) is 12.1. The molecule has 0 spiro atoms. The summed E-state index contributed by atoms with van der Waals surface area (Å²) in [6, 6.07) is 7.96. The first-order chi connectivity index (χ1) is 8.29. The summed E-state index contributed by atoms with van der Waals surface area (Å²) >= 11 is 0. The maximum atomic E-state index is 5.72. The standard InChI is InChI=1S/C13H17N3O/c1-11-3-4-13(12(9-11)10-14)17-8-7-16-6-2-5-15-16/h2-6,9H,7-8,10,14H2,1H3. The van der Waals surface area contributed by atoms with Crippen LogP contribution in [-0.4, -0.2) is 16.4 Å². The molecule has 0 saturated heterocycles. The van der Waals surface area contributed by atoms with Crippen LogP contribution < -0.4 is 10.5 Å². The molecule has 4 heteroatoms. The molecular formula is C13H17N3O. The Morgan fingerprint density at radius 2 is 2.29 bits per heavy atom. The fourth-order valence-electron chi connectivity index (χ4n) is 1.69. The van der Waals surface area contributed by atoms with Crippen LogP contribution in [0.4, 0.5) is 0 Å². The molecular weight excluding hydrogens is 214 g/mol. The van der Waals surface area contributed by atoms with Gasteiger partial charge in [0.05, 0.1) is 6.54 Å². The van der Waals surface area contributed by atoms with Gasteiger partial charge < -0.3 is 10.5 Å². The van der Waals surface area contributed by atoms with Gasteiger partial charge in [-0.15, -0.1) is 0 Å². The van der Waals surface area contributed by atoms with Crippen LogP contribution in [0.1, 0.15) is 11.1 Å². The Balaban J connectivity index is 1.94. The van der Waals surface area contributed by atoms with Crippen molar-refractivity contribution in [3.63, 3.8) is 0 Å². The van der Waals surface area contributed by atoms with E-state index in [0.717, 1.165) is 17.9 Å². The van der Waals surface area contributed by atoms with Crippen molar-refractivity contribution in [2.24, 2.45) is 5.73 Å². The Hall–Kier alpha value is -1.81. The number of aryl methyl sites for hydroxylation is 1. The molecule has 17 heavy (non-hydrogen) atoms. The number of benzene rings is 1. The minimum Gasteiger partial charge on any atom is -0.491 e. The Morgan fingerprint density at radius 3 is 3.00 bits per heavy atom. The minimum atomic E-state index is 0.499. The summed E-state index contributed by atoms with van der Waals surface area (Å²) in [4.78, 5) is 0. The number of nitrogens with two attached hydrogens (primary N) is 1. The van der Waals surface area contributed by atoms with E-state index >= 15 is 0 Å². The van der Waals surface area contributed by atoms with Crippen molar-refractivity contribution in [1.29, 1.82) is 0 Å². The Kier molecular flexibility index (Phi) is 3.77. The lowest BCUT2D eigenvalue weighted by Crippen LogP contribution is -2.10. The molecule has 2 aromatic rings. The van der Waals surface area contributed by atoms with E-state index in [1.54, 1.807) is 6.20 Å². The van der Waals surface area contributed by atoms with Crippen LogP contribution >= 0.6 is 0 Å². The monoisotopic (exact) mass is 231 g/mol. The number of nitrogens with zero attached hydrogens (tertiary/aromatic N) is 2. The molecule has 0 saturated carbocycles. The molecule has 90 valence electrons. The highest BCUT2D eigenvalue weighted by molar-refractivity contribution is 5.36. The molecule has 2 N–H and O–H groups in total. The van der Waals surface area contributed by atoms with E-state index in [1.807, 2.05) is 36.0 Å². The van der Waals surface area contributed by atoms with E-state index in [2.05, 4.69) is 11.2 Å². The summed E-state index contributed by atoms with van der Waals surface area (Å²) in [5, 5.41) is 4.12. The fraction of sp³-hybridized carbons (Fsp3) is 0.308. The van der Waals surface area contributed by atoms with Gasteiger partial charge in [-0.05, 0) is 19.1 Å². The van der Waals surface area contributed by atoms with Crippen LogP contribution in [0, 0.1) is 6.92 Å². The Morgan fingerprint density at radius 1 is 1.41 bits per heavy atom. The quantitative estimate of drug-likeness (QED) is 0.852. The molecule has 0 aliphatic carbocycles. The summed E-state index contributed by atoms with van der Waals surface area (Å²) in [5.74, 6) is 0.866. The zero-order valence-electron chi connectivity index (χ0n) is 9.97. The fourth-order valence-corrected chi connectivity index (χ4v) is 1.69. The smallest absolute Gasteiger partial charge is 0.123 e. The zero-order valence-corrected chi connectivity index (χ0v) is 9.97. The number of aromatic nitrogens is 2. The van der Waals surface area contributed by atoms with Crippen molar-refractivity contribution < 1.29 is 4.74 Å². The van der Waals surface area contributed by atoms with Crippen LogP contribution in [-0.2, 0) is 13.1 Å². The van der Waals surface area contributed by atoms with Crippen LogP contribution in [0.3, 0.4) is 0 Å². The van der Waals surface area contributed by atoms with Gasteiger partial charge in [-0.25, -0.2) is 0 Å². The maximum absolute atomic E-state index is 5.72. The van der Waals surface area contributed by atoms with Crippen molar-refractivity contribution in [3.05, 3.63) is 47.8 Å². The molecule has 1 aromatic carbocycles. The van der Waals surface area contributed by atoms with Crippen LogP contribution in [0.15, 0.2) is 36.7 Å².